The minimum absolute atomic E-state index is 0.345. The average molecular weight is 697 g/mol. The van der Waals surface area contributed by atoms with Crippen LogP contribution >= 0.6 is 0 Å². The number of rotatable bonds is 7. The van der Waals surface area contributed by atoms with Crippen LogP contribution in [0.15, 0.2) is 152 Å². The van der Waals surface area contributed by atoms with E-state index in [9.17, 15) is 5.26 Å². The Morgan fingerprint density at radius 2 is 0.907 bits per heavy atom. The summed E-state index contributed by atoms with van der Waals surface area (Å²) in [4.78, 5) is 15.4. The smallest absolute Gasteiger partial charge is 0.164 e. The number of nitriles is 1. The molecule has 4 fully saturated rings. The lowest BCUT2D eigenvalue weighted by molar-refractivity contribution is -0.00518. The van der Waals surface area contributed by atoms with Gasteiger partial charge in [-0.2, -0.15) is 5.26 Å². The number of hydrogen-bond donors (Lipinski definition) is 0. The Kier molecular flexibility index (Phi) is 8.02. The Labute approximate surface area is 317 Å². The van der Waals surface area contributed by atoms with Crippen LogP contribution in [0.3, 0.4) is 0 Å². The second-order valence-corrected chi connectivity index (χ2v) is 15.8. The van der Waals surface area contributed by atoms with Gasteiger partial charge in [-0.05, 0) is 119 Å². The SMILES string of the molecule is N#Cc1ccc(-c2ccc(-c3nc(-c4ccc(C56C[C@H]7C[C@@H](C5)C[C@@H](C6)C7)cc4)nc(-c4cccc(-c5ccccc5)c4)n3)cc2)c(-c2ccccc2)c1. The van der Waals surface area contributed by atoms with Crippen molar-refractivity contribution in [2.75, 3.05) is 0 Å². The maximum Gasteiger partial charge on any atom is 0.164 e. The van der Waals surface area contributed by atoms with Crippen LogP contribution in [-0.2, 0) is 5.41 Å². The molecule has 6 aromatic carbocycles. The highest BCUT2D eigenvalue weighted by molar-refractivity contribution is 5.85. The van der Waals surface area contributed by atoms with Crippen molar-refractivity contribution in [2.24, 2.45) is 17.8 Å². The molecule has 0 amide bonds. The molecule has 4 aliphatic carbocycles. The normalized spacial score (nSPS) is 21.1. The van der Waals surface area contributed by atoms with Gasteiger partial charge in [-0.3, -0.25) is 0 Å². The Hall–Kier alpha value is -6.18. The number of hydrogen-bond acceptors (Lipinski definition) is 4. The first-order chi connectivity index (χ1) is 26.6. The summed E-state index contributed by atoms with van der Waals surface area (Å²) in [5, 5.41) is 9.67. The largest absolute Gasteiger partial charge is 0.208 e. The van der Waals surface area contributed by atoms with Crippen molar-refractivity contribution < 1.29 is 0 Å². The van der Waals surface area contributed by atoms with Crippen LogP contribution in [0.25, 0.3) is 67.5 Å². The first kappa shape index (κ1) is 32.5. The van der Waals surface area contributed by atoms with E-state index in [2.05, 4.69) is 115 Å². The van der Waals surface area contributed by atoms with E-state index in [0.29, 0.717) is 28.5 Å². The Morgan fingerprint density at radius 1 is 0.426 bits per heavy atom. The number of benzene rings is 6. The highest BCUT2D eigenvalue weighted by Crippen LogP contribution is 2.60. The van der Waals surface area contributed by atoms with E-state index in [1.54, 1.807) is 0 Å². The molecule has 260 valence electrons. The first-order valence-electron chi connectivity index (χ1n) is 19.3. The van der Waals surface area contributed by atoms with Crippen LogP contribution in [-0.4, -0.2) is 15.0 Å². The zero-order valence-corrected chi connectivity index (χ0v) is 30.2. The molecule has 4 nitrogen and oxygen atoms in total. The van der Waals surface area contributed by atoms with Gasteiger partial charge < -0.3 is 0 Å². The molecule has 1 heterocycles. The van der Waals surface area contributed by atoms with Crippen molar-refractivity contribution in [2.45, 2.75) is 43.9 Å². The van der Waals surface area contributed by atoms with Crippen LogP contribution in [0.4, 0.5) is 0 Å². The lowest BCUT2D eigenvalue weighted by Crippen LogP contribution is -2.48. The molecular weight excluding hydrogens is 657 g/mol. The van der Waals surface area contributed by atoms with Crippen molar-refractivity contribution in [1.29, 1.82) is 5.26 Å². The average Bonchev–Trinajstić information content (AvgIpc) is 3.23. The molecule has 11 rings (SSSR count). The lowest BCUT2D eigenvalue weighted by Gasteiger charge is -2.57. The third-order valence-corrected chi connectivity index (χ3v) is 12.3. The summed E-state index contributed by atoms with van der Waals surface area (Å²) in [6.07, 6.45) is 8.38. The van der Waals surface area contributed by atoms with Crippen molar-refractivity contribution in [3.63, 3.8) is 0 Å². The van der Waals surface area contributed by atoms with E-state index in [0.717, 1.165) is 67.8 Å². The molecule has 1 aromatic heterocycles. The van der Waals surface area contributed by atoms with Crippen LogP contribution in [0.5, 0.6) is 0 Å². The quantitative estimate of drug-likeness (QED) is 0.166. The summed E-state index contributed by atoms with van der Waals surface area (Å²) in [6, 6.07) is 55.1. The molecule has 0 radical (unpaired) electrons. The monoisotopic (exact) mass is 696 g/mol. The molecule has 7 aromatic rings. The molecule has 0 aliphatic heterocycles. The molecule has 54 heavy (non-hydrogen) atoms. The first-order valence-corrected chi connectivity index (χ1v) is 19.3. The highest BCUT2D eigenvalue weighted by Gasteiger charge is 2.51. The Morgan fingerprint density at radius 3 is 1.50 bits per heavy atom. The molecule has 4 saturated carbocycles. The van der Waals surface area contributed by atoms with E-state index in [1.165, 1.54) is 44.1 Å². The topological polar surface area (TPSA) is 62.5 Å². The Balaban J connectivity index is 1.04. The second-order valence-electron chi connectivity index (χ2n) is 15.8. The van der Waals surface area contributed by atoms with Gasteiger partial charge in [0, 0.05) is 16.7 Å². The van der Waals surface area contributed by atoms with Crippen LogP contribution < -0.4 is 0 Å². The van der Waals surface area contributed by atoms with Crippen LogP contribution in [0, 0.1) is 29.1 Å². The molecule has 0 atom stereocenters. The predicted octanol–water partition coefficient (Wildman–Crippen LogP) is 12.2. The molecule has 0 N–H and O–H groups in total. The van der Waals surface area contributed by atoms with E-state index in [-0.39, 0.29) is 0 Å². The lowest BCUT2D eigenvalue weighted by atomic mass is 9.48. The van der Waals surface area contributed by atoms with Gasteiger partial charge in [0.25, 0.3) is 0 Å². The summed E-state index contributed by atoms with van der Waals surface area (Å²) >= 11 is 0. The van der Waals surface area contributed by atoms with Gasteiger partial charge in [-0.15, -0.1) is 0 Å². The van der Waals surface area contributed by atoms with Gasteiger partial charge >= 0.3 is 0 Å². The van der Waals surface area contributed by atoms with E-state index < -0.39 is 0 Å². The zero-order chi connectivity index (χ0) is 36.1. The van der Waals surface area contributed by atoms with Gasteiger partial charge in [0.15, 0.2) is 17.5 Å². The number of aromatic nitrogens is 3. The molecule has 0 spiro atoms. The fourth-order valence-corrected chi connectivity index (χ4v) is 10.2. The van der Waals surface area contributed by atoms with Gasteiger partial charge in [-0.1, -0.05) is 133 Å². The second kappa shape index (κ2) is 13.3. The zero-order valence-electron chi connectivity index (χ0n) is 30.2. The van der Waals surface area contributed by atoms with Gasteiger partial charge in [0.2, 0.25) is 0 Å². The summed E-state index contributed by atoms with van der Waals surface area (Å²) in [5.74, 6) is 4.69. The predicted molar refractivity (Wildman–Crippen MR) is 217 cm³/mol. The molecular formula is C50H40N4. The van der Waals surface area contributed by atoms with Crippen molar-refractivity contribution in [3.8, 4) is 73.6 Å². The third-order valence-electron chi connectivity index (χ3n) is 12.3. The molecule has 4 bridgehead atoms. The van der Waals surface area contributed by atoms with E-state index in [1.807, 2.05) is 42.5 Å². The fraction of sp³-hybridized carbons (Fsp3) is 0.200. The molecule has 0 unspecified atom stereocenters. The third kappa shape index (κ3) is 6.00. The van der Waals surface area contributed by atoms with Gasteiger partial charge in [0.1, 0.15) is 0 Å². The van der Waals surface area contributed by atoms with Crippen molar-refractivity contribution >= 4 is 0 Å². The highest BCUT2D eigenvalue weighted by atomic mass is 15.0. The number of nitrogens with zero attached hydrogens (tertiary/aromatic N) is 4. The molecule has 0 saturated heterocycles. The fourth-order valence-electron chi connectivity index (χ4n) is 10.2. The summed E-state index contributed by atoms with van der Waals surface area (Å²) < 4.78 is 0. The van der Waals surface area contributed by atoms with Gasteiger partial charge in [0.05, 0.1) is 11.6 Å². The Bertz CT molecular complexity index is 2480. The van der Waals surface area contributed by atoms with Crippen molar-refractivity contribution in [1.82, 2.24) is 15.0 Å². The van der Waals surface area contributed by atoms with Gasteiger partial charge in [-0.25, -0.2) is 15.0 Å². The van der Waals surface area contributed by atoms with Crippen LogP contribution in [0.1, 0.15) is 49.7 Å². The minimum Gasteiger partial charge on any atom is -0.208 e. The van der Waals surface area contributed by atoms with Crippen LogP contribution in [0.2, 0.25) is 0 Å². The molecule has 4 aliphatic rings. The molecule has 4 heteroatoms. The summed E-state index contributed by atoms with van der Waals surface area (Å²) in [5.41, 5.74) is 11.9. The minimum atomic E-state index is 0.345. The standard InChI is InChI=1S/C50H40N4/c51-32-33-14-23-45(46(27-33)38-10-5-2-6-11-38)39-15-17-40(18-16-39)47-52-48(54-49(53-47)43-13-7-12-42(28-43)37-8-3-1-4-9-37)41-19-21-44(22-20-41)50-29-34-24-35(30-50)26-36(25-34)31-50/h1-23,27-28,34-36H,24-26,29-31H2/t34-,35+,36-,50?. The summed E-state index contributed by atoms with van der Waals surface area (Å²) in [7, 11) is 0. The van der Waals surface area contributed by atoms with Crippen molar-refractivity contribution in [3.05, 3.63) is 163 Å². The van der Waals surface area contributed by atoms with E-state index >= 15 is 0 Å². The van der Waals surface area contributed by atoms with E-state index in [4.69, 9.17) is 15.0 Å². The maximum absolute atomic E-state index is 9.67. The summed E-state index contributed by atoms with van der Waals surface area (Å²) in [6.45, 7) is 0. The maximum atomic E-state index is 9.67.